The van der Waals surface area contributed by atoms with Crippen molar-refractivity contribution in [2.45, 2.75) is 25.8 Å². The fraction of sp³-hybridized carbons (Fsp3) is 0.316. The lowest BCUT2D eigenvalue weighted by molar-refractivity contribution is 0.0732. The average molecular weight is 295 g/mol. The van der Waals surface area contributed by atoms with Crippen molar-refractivity contribution in [3.8, 4) is 5.75 Å². The summed E-state index contributed by atoms with van der Waals surface area (Å²) < 4.78 is 5.34. The number of carbonyl (C=O) groups is 1. The van der Waals surface area contributed by atoms with Gasteiger partial charge in [-0.1, -0.05) is 42.0 Å². The van der Waals surface area contributed by atoms with Crippen LogP contribution in [0.3, 0.4) is 0 Å². The molecule has 0 bridgehead atoms. The minimum Gasteiger partial charge on any atom is -0.496 e. The van der Waals surface area contributed by atoms with Crippen molar-refractivity contribution in [1.29, 1.82) is 0 Å². The third kappa shape index (κ3) is 2.71. The van der Waals surface area contributed by atoms with E-state index < -0.39 is 0 Å². The van der Waals surface area contributed by atoms with Crippen molar-refractivity contribution in [2.24, 2.45) is 0 Å². The highest BCUT2D eigenvalue weighted by atomic mass is 16.5. The van der Waals surface area contributed by atoms with Gasteiger partial charge in [0.2, 0.25) is 0 Å². The average Bonchev–Trinajstić information content (AvgIpc) is 3.03. The predicted octanol–water partition coefficient (Wildman–Crippen LogP) is 3.98. The Kier molecular flexibility index (Phi) is 4.14. The van der Waals surface area contributed by atoms with E-state index in [0.717, 1.165) is 19.4 Å². The van der Waals surface area contributed by atoms with Gasteiger partial charge in [0.25, 0.3) is 5.91 Å². The van der Waals surface area contributed by atoms with E-state index in [9.17, 15) is 4.79 Å². The van der Waals surface area contributed by atoms with Gasteiger partial charge in [0.1, 0.15) is 5.75 Å². The fourth-order valence-electron chi connectivity index (χ4n) is 3.21. The van der Waals surface area contributed by atoms with Crippen molar-refractivity contribution in [3.63, 3.8) is 0 Å². The number of para-hydroxylation sites is 1. The van der Waals surface area contributed by atoms with E-state index in [1.807, 2.05) is 29.2 Å². The molecule has 3 heteroatoms. The smallest absolute Gasteiger partial charge is 0.258 e. The normalized spacial score (nSPS) is 17.5. The van der Waals surface area contributed by atoms with E-state index in [1.54, 1.807) is 7.11 Å². The summed E-state index contributed by atoms with van der Waals surface area (Å²) >= 11 is 0. The number of amides is 1. The number of nitrogens with zero attached hydrogens (tertiary/aromatic N) is 1. The largest absolute Gasteiger partial charge is 0.496 e. The predicted molar refractivity (Wildman–Crippen MR) is 87.2 cm³/mol. The fourth-order valence-corrected chi connectivity index (χ4v) is 3.21. The Bertz CT molecular complexity index is 681. The van der Waals surface area contributed by atoms with Crippen molar-refractivity contribution >= 4 is 5.91 Å². The molecule has 0 saturated carbocycles. The number of methoxy groups -OCH3 is 1. The Labute approximate surface area is 131 Å². The van der Waals surface area contributed by atoms with Crippen LogP contribution < -0.4 is 4.74 Å². The van der Waals surface area contributed by atoms with E-state index in [4.69, 9.17) is 4.74 Å². The summed E-state index contributed by atoms with van der Waals surface area (Å²) in [7, 11) is 1.61. The highest BCUT2D eigenvalue weighted by Crippen LogP contribution is 2.34. The Morgan fingerprint density at radius 3 is 2.77 bits per heavy atom. The van der Waals surface area contributed by atoms with Gasteiger partial charge in [0, 0.05) is 6.54 Å². The third-order valence-electron chi connectivity index (χ3n) is 4.28. The second kappa shape index (κ2) is 6.22. The van der Waals surface area contributed by atoms with Crippen molar-refractivity contribution in [3.05, 3.63) is 65.2 Å². The van der Waals surface area contributed by atoms with Crippen LogP contribution >= 0.6 is 0 Å². The van der Waals surface area contributed by atoms with E-state index in [2.05, 4.69) is 31.2 Å². The van der Waals surface area contributed by atoms with Crippen LogP contribution in [0.5, 0.6) is 5.75 Å². The molecule has 1 heterocycles. The van der Waals surface area contributed by atoms with Gasteiger partial charge in [0.15, 0.2) is 0 Å². The van der Waals surface area contributed by atoms with E-state index in [0.29, 0.717) is 11.3 Å². The van der Waals surface area contributed by atoms with Crippen LogP contribution in [0.2, 0.25) is 0 Å². The molecule has 3 rings (SSSR count). The zero-order valence-corrected chi connectivity index (χ0v) is 13.1. The first-order valence-electron chi connectivity index (χ1n) is 7.71. The SMILES string of the molecule is COc1ccccc1C(=O)N1CCC[C@@H]1c1cccc(C)c1. The molecule has 0 aromatic heterocycles. The summed E-state index contributed by atoms with van der Waals surface area (Å²) in [5.41, 5.74) is 3.10. The monoisotopic (exact) mass is 295 g/mol. The Morgan fingerprint density at radius 1 is 1.18 bits per heavy atom. The molecule has 1 atom stereocenters. The molecule has 1 aliphatic heterocycles. The van der Waals surface area contributed by atoms with Crippen LogP contribution in [-0.2, 0) is 0 Å². The molecule has 3 nitrogen and oxygen atoms in total. The Hall–Kier alpha value is -2.29. The van der Waals surface area contributed by atoms with Crippen LogP contribution in [0, 0.1) is 6.92 Å². The first kappa shape index (κ1) is 14.6. The lowest BCUT2D eigenvalue weighted by atomic mass is 10.0. The molecule has 2 aromatic carbocycles. The molecule has 114 valence electrons. The number of ether oxygens (including phenoxy) is 1. The molecule has 0 aliphatic carbocycles. The number of hydrogen-bond donors (Lipinski definition) is 0. The Balaban J connectivity index is 1.91. The number of hydrogen-bond acceptors (Lipinski definition) is 2. The minimum atomic E-state index is 0.0569. The maximum atomic E-state index is 12.9. The quantitative estimate of drug-likeness (QED) is 0.857. The van der Waals surface area contributed by atoms with Gasteiger partial charge in [-0.15, -0.1) is 0 Å². The van der Waals surface area contributed by atoms with Gasteiger partial charge < -0.3 is 9.64 Å². The highest BCUT2D eigenvalue weighted by molar-refractivity contribution is 5.97. The number of likely N-dealkylation sites (tertiary alicyclic amines) is 1. The highest BCUT2D eigenvalue weighted by Gasteiger charge is 2.31. The zero-order valence-electron chi connectivity index (χ0n) is 13.1. The topological polar surface area (TPSA) is 29.5 Å². The molecule has 22 heavy (non-hydrogen) atoms. The summed E-state index contributed by atoms with van der Waals surface area (Å²) in [6.07, 6.45) is 2.06. The summed E-state index contributed by atoms with van der Waals surface area (Å²) in [6.45, 7) is 2.89. The molecule has 1 aliphatic rings. The van der Waals surface area contributed by atoms with Gasteiger partial charge in [-0.25, -0.2) is 0 Å². The van der Waals surface area contributed by atoms with E-state index in [-0.39, 0.29) is 11.9 Å². The molecule has 1 fully saturated rings. The first-order chi connectivity index (χ1) is 10.7. The summed E-state index contributed by atoms with van der Waals surface area (Å²) in [4.78, 5) is 14.9. The maximum absolute atomic E-state index is 12.9. The molecular formula is C19H21NO2. The standard InChI is InChI=1S/C19H21NO2/c1-14-7-5-8-15(13-14)17-10-6-12-20(17)19(21)16-9-3-4-11-18(16)22-2/h3-5,7-9,11,13,17H,6,10,12H2,1-2H3/t17-/m1/s1. The second-order valence-corrected chi connectivity index (χ2v) is 5.77. The zero-order chi connectivity index (χ0) is 15.5. The minimum absolute atomic E-state index is 0.0569. The molecule has 1 amide bonds. The lowest BCUT2D eigenvalue weighted by Crippen LogP contribution is -2.30. The number of aryl methyl sites for hydroxylation is 1. The summed E-state index contributed by atoms with van der Waals surface area (Å²) in [5.74, 6) is 0.698. The molecular weight excluding hydrogens is 274 g/mol. The molecule has 0 radical (unpaired) electrons. The number of rotatable bonds is 3. The van der Waals surface area contributed by atoms with Crippen LogP contribution in [-0.4, -0.2) is 24.5 Å². The van der Waals surface area contributed by atoms with Crippen LogP contribution in [0.1, 0.15) is 40.4 Å². The number of benzene rings is 2. The van der Waals surface area contributed by atoms with Crippen molar-refractivity contribution < 1.29 is 9.53 Å². The van der Waals surface area contributed by atoms with E-state index in [1.165, 1.54) is 11.1 Å². The van der Waals surface area contributed by atoms with Crippen LogP contribution in [0.4, 0.5) is 0 Å². The Morgan fingerprint density at radius 2 is 2.00 bits per heavy atom. The number of carbonyl (C=O) groups excluding carboxylic acids is 1. The second-order valence-electron chi connectivity index (χ2n) is 5.77. The van der Waals surface area contributed by atoms with Crippen molar-refractivity contribution in [1.82, 2.24) is 4.90 Å². The first-order valence-corrected chi connectivity index (χ1v) is 7.71. The van der Waals surface area contributed by atoms with E-state index >= 15 is 0 Å². The van der Waals surface area contributed by atoms with Gasteiger partial charge in [-0.2, -0.15) is 0 Å². The lowest BCUT2D eigenvalue weighted by Gasteiger charge is -2.26. The molecule has 1 saturated heterocycles. The van der Waals surface area contributed by atoms with Crippen LogP contribution in [0.25, 0.3) is 0 Å². The molecule has 0 N–H and O–H groups in total. The third-order valence-corrected chi connectivity index (χ3v) is 4.28. The van der Waals surface area contributed by atoms with Gasteiger partial charge >= 0.3 is 0 Å². The van der Waals surface area contributed by atoms with Crippen LogP contribution in [0.15, 0.2) is 48.5 Å². The molecule has 0 spiro atoms. The van der Waals surface area contributed by atoms with Crippen molar-refractivity contribution in [2.75, 3.05) is 13.7 Å². The van der Waals surface area contributed by atoms with Gasteiger partial charge in [-0.05, 0) is 37.5 Å². The van der Waals surface area contributed by atoms with Gasteiger partial charge in [0.05, 0.1) is 18.7 Å². The van der Waals surface area contributed by atoms with Gasteiger partial charge in [-0.3, -0.25) is 4.79 Å². The maximum Gasteiger partial charge on any atom is 0.258 e. The molecule has 0 unspecified atom stereocenters. The molecule has 2 aromatic rings. The summed E-state index contributed by atoms with van der Waals surface area (Å²) in [5, 5.41) is 0. The summed E-state index contributed by atoms with van der Waals surface area (Å²) in [6, 6.07) is 16.1.